The molecule has 0 amide bonds. The molecule has 0 bridgehead atoms. The second-order valence-corrected chi connectivity index (χ2v) is 3.73. The van der Waals surface area contributed by atoms with E-state index >= 15 is 0 Å². The summed E-state index contributed by atoms with van der Waals surface area (Å²) in [6.45, 7) is 11.5. The molecule has 2 nitrogen and oxygen atoms in total. The first-order valence-electron chi connectivity index (χ1n) is 4.55. The van der Waals surface area contributed by atoms with E-state index < -0.39 is 0 Å². The Morgan fingerprint density at radius 3 is 2.29 bits per heavy atom. The number of allylic oxidation sites excluding steroid dienone is 2. The van der Waals surface area contributed by atoms with Gasteiger partial charge in [-0.3, -0.25) is 0 Å². The first-order chi connectivity index (χ1) is 6.35. The van der Waals surface area contributed by atoms with Crippen LogP contribution in [-0.2, 0) is 4.74 Å². The van der Waals surface area contributed by atoms with Crippen LogP contribution in [0, 0.1) is 12.3 Å². The van der Waals surface area contributed by atoms with Gasteiger partial charge in [-0.05, 0) is 34.7 Å². The molecule has 0 rings (SSSR count). The Balaban J connectivity index is 4.59. The van der Waals surface area contributed by atoms with Gasteiger partial charge in [-0.25, -0.2) is 0 Å². The van der Waals surface area contributed by atoms with Crippen LogP contribution in [0.4, 0.5) is 0 Å². The molecule has 0 aliphatic heterocycles. The van der Waals surface area contributed by atoms with E-state index in [9.17, 15) is 0 Å². The number of nitrogens with one attached hydrogen (secondary N) is 1. The summed E-state index contributed by atoms with van der Waals surface area (Å²) in [5, 5.41) is 3.10. The van der Waals surface area contributed by atoms with Crippen molar-refractivity contribution in [2.24, 2.45) is 0 Å². The number of hydrogen-bond acceptors (Lipinski definition) is 2. The van der Waals surface area contributed by atoms with E-state index in [2.05, 4.69) is 17.8 Å². The zero-order chi connectivity index (χ0) is 11.4. The Morgan fingerprint density at radius 2 is 1.93 bits per heavy atom. The third-order valence-corrected chi connectivity index (χ3v) is 2.34. The Morgan fingerprint density at radius 1 is 1.43 bits per heavy atom. The van der Waals surface area contributed by atoms with Crippen molar-refractivity contribution in [1.82, 2.24) is 5.32 Å². The number of hydrogen-bond donors (Lipinski definition) is 1. The minimum atomic E-state index is -0.254. The molecule has 0 radical (unpaired) electrons. The summed E-state index contributed by atoms with van der Waals surface area (Å²) < 4.78 is 5.54. The molecule has 0 aromatic rings. The standard InChI is InChI=1S/C12H19NO/c1-8-9(2)10(3)14-11(4)12(5,6)13-7/h1,13H,4H2,2-3,5-7H3/b10-9-. The monoisotopic (exact) mass is 193 g/mol. The number of terminal acetylenes is 1. The third kappa shape index (κ3) is 3.27. The van der Waals surface area contributed by atoms with Gasteiger partial charge in [0.25, 0.3) is 0 Å². The van der Waals surface area contributed by atoms with E-state index in [4.69, 9.17) is 11.2 Å². The lowest BCUT2D eigenvalue weighted by atomic mass is 10.0. The summed E-state index contributed by atoms with van der Waals surface area (Å²) in [6, 6.07) is 0. The van der Waals surface area contributed by atoms with Gasteiger partial charge in [0.15, 0.2) is 0 Å². The van der Waals surface area contributed by atoms with Crippen LogP contribution in [0.3, 0.4) is 0 Å². The lowest BCUT2D eigenvalue weighted by molar-refractivity contribution is 0.232. The van der Waals surface area contributed by atoms with Crippen molar-refractivity contribution in [2.45, 2.75) is 33.2 Å². The quantitative estimate of drug-likeness (QED) is 0.547. The summed E-state index contributed by atoms with van der Waals surface area (Å²) in [4.78, 5) is 0. The summed E-state index contributed by atoms with van der Waals surface area (Å²) in [6.07, 6.45) is 5.26. The van der Waals surface area contributed by atoms with Gasteiger partial charge in [0.2, 0.25) is 0 Å². The molecular weight excluding hydrogens is 174 g/mol. The predicted molar refractivity (Wildman–Crippen MR) is 60.6 cm³/mol. The largest absolute Gasteiger partial charge is 0.464 e. The Labute approximate surface area is 87.0 Å². The van der Waals surface area contributed by atoms with Crippen molar-refractivity contribution in [1.29, 1.82) is 0 Å². The first-order valence-corrected chi connectivity index (χ1v) is 4.55. The molecule has 0 spiro atoms. The van der Waals surface area contributed by atoms with Gasteiger partial charge in [-0.1, -0.05) is 12.5 Å². The molecular formula is C12H19NO. The predicted octanol–water partition coefficient (Wildman–Crippen LogP) is 2.44. The highest BCUT2D eigenvalue weighted by Gasteiger charge is 2.21. The molecule has 1 N–H and O–H groups in total. The van der Waals surface area contributed by atoms with E-state index in [1.807, 2.05) is 34.7 Å². The van der Waals surface area contributed by atoms with Crippen LogP contribution in [0.25, 0.3) is 0 Å². The highest BCUT2D eigenvalue weighted by molar-refractivity contribution is 5.26. The maximum atomic E-state index is 5.54. The van der Waals surface area contributed by atoms with Crippen molar-refractivity contribution in [3.63, 3.8) is 0 Å². The zero-order valence-electron chi connectivity index (χ0n) is 9.69. The van der Waals surface area contributed by atoms with Crippen LogP contribution >= 0.6 is 0 Å². The number of rotatable bonds is 4. The SMILES string of the molecule is C#C/C(C)=C(/C)OC(=C)C(C)(C)NC. The topological polar surface area (TPSA) is 21.3 Å². The smallest absolute Gasteiger partial charge is 0.116 e. The van der Waals surface area contributed by atoms with E-state index in [0.717, 1.165) is 11.3 Å². The molecule has 0 fully saturated rings. The lowest BCUT2D eigenvalue weighted by Gasteiger charge is -2.26. The average molecular weight is 193 g/mol. The van der Waals surface area contributed by atoms with Crippen molar-refractivity contribution in [2.75, 3.05) is 7.05 Å². The van der Waals surface area contributed by atoms with Crippen LogP contribution in [0.1, 0.15) is 27.7 Å². The summed E-state index contributed by atoms with van der Waals surface area (Å²) in [5.74, 6) is 3.91. The summed E-state index contributed by atoms with van der Waals surface area (Å²) in [5.41, 5.74) is 0.536. The lowest BCUT2D eigenvalue weighted by Crippen LogP contribution is -2.38. The van der Waals surface area contributed by atoms with Crippen LogP contribution in [0.5, 0.6) is 0 Å². The molecule has 0 heterocycles. The maximum absolute atomic E-state index is 5.54. The molecule has 0 atom stereocenters. The highest BCUT2D eigenvalue weighted by Crippen LogP contribution is 2.19. The fraction of sp³-hybridized carbons (Fsp3) is 0.500. The van der Waals surface area contributed by atoms with E-state index in [0.29, 0.717) is 5.76 Å². The van der Waals surface area contributed by atoms with Crippen molar-refractivity contribution >= 4 is 0 Å². The zero-order valence-corrected chi connectivity index (χ0v) is 9.69. The van der Waals surface area contributed by atoms with Gasteiger partial charge in [0.1, 0.15) is 11.5 Å². The fourth-order valence-electron chi connectivity index (χ4n) is 0.630. The Hall–Kier alpha value is -1.20. The van der Waals surface area contributed by atoms with Crippen molar-refractivity contribution in [3.05, 3.63) is 23.7 Å². The minimum absolute atomic E-state index is 0.254. The van der Waals surface area contributed by atoms with Gasteiger partial charge in [-0.2, -0.15) is 0 Å². The van der Waals surface area contributed by atoms with Gasteiger partial charge in [-0.15, -0.1) is 6.42 Å². The molecule has 0 saturated heterocycles. The normalized spacial score (nSPS) is 12.9. The summed E-state index contributed by atoms with van der Waals surface area (Å²) in [7, 11) is 1.86. The van der Waals surface area contributed by atoms with Gasteiger partial charge < -0.3 is 10.1 Å². The van der Waals surface area contributed by atoms with E-state index in [1.54, 1.807) is 0 Å². The molecule has 0 aromatic carbocycles. The van der Waals surface area contributed by atoms with E-state index in [-0.39, 0.29) is 5.54 Å². The first kappa shape index (κ1) is 12.8. The molecule has 0 aliphatic rings. The van der Waals surface area contributed by atoms with Crippen LogP contribution < -0.4 is 5.32 Å². The number of likely N-dealkylation sites (N-methyl/N-ethyl adjacent to an activating group) is 1. The van der Waals surface area contributed by atoms with E-state index in [1.165, 1.54) is 0 Å². The fourth-order valence-corrected chi connectivity index (χ4v) is 0.630. The molecule has 0 saturated carbocycles. The highest BCUT2D eigenvalue weighted by atomic mass is 16.5. The number of ether oxygens (including phenoxy) is 1. The van der Waals surface area contributed by atoms with Gasteiger partial charge >= 0.3 is 0 Å². The average Bonchev–Trinajstić information content (AvgIpc) is 2.16. The Bertz CT molecular complexity index is 292. The molecule has 2 heteroatoms. The molecule has 14 heavy (non-hydrogen) atoms. The van der Waals surface area contributed by atoms with Crippen LogP contribution in [0.15, 0.2) is 23.7 Å². The second kappa shape index (κ2) is 4.88. The van der Waals surface area contributed by atoms with Crippen LogP contribution in [-0.4, -0.2) is 12.6 Å². The van der Waals surface area contributed by atoms with Gasteiger partial charge in [0.05, 0.1) is 5.54 Å². The molecule has 0 unspecified atom stereocenters. The maximum Gasteiger partial charge on any atom is 0.116 e. The van der Waals surface area contributed by atoms with Crippen molar-refractivity contribution in [3.8, 4) is 12.3 Å². The second-order valence-electron chi connectivity index (χ2n) is 3.73. The molecule has 78 valence electrons. The molecule has 0 aliphatic carbocycles. The molecule has 0 aromatic heterocycles. The minimum Gasteiger partial charge on any atom is -0.464 e. The van der Waals surface area contributed by atoms with Crippen LogP contribution in [0.2, 0.25) is 0 Å². The Kier molecular flexibility index (Phi) is 4.46. The van der Waals surface area contributed by atoms with Crippen molar-refractivity contribution < 1.29 is 4.74 Å². The van der Waals surface area contributed by atoms with Gasteiger partial charge in [0, 0.05) is 5.57 Å². The summed E-state index contributed by atoms with van der Waals surface area (Å²) >= 11 is 0. The third-order valence-electron chi connectivity index (χ3n) is 2.34.